The second-order valence-electron chi connectivity index (χ2n) is 13.1. The molecule has 0 heterocycles. The second kappa shape index (κ2) is 19.0. The maximum atomic E-state index is 14.3. The highest BCUT2D eigenvalue weighted by Gasteiger charge is 2.34. The van der Waals surface area contributed by atoms with Crippen LogP contribution in [0, 0.1) is 18.1 Å². The summed E-state index contributed by atoms with van der Waals surface area (Å²) in [5, 5.41) is 42.0. The molecule has 0 fully saturated rings. The summed E-state index contributed by atoms with van der Waals surface area (Å²) in [6.45, 7) is 3.36. The Hall–Kier alpha value is -6.30. The molecule has 0 aromatic heterocycles. The zero-order chi connectivity index (χ0) is 39.4. The van der Waals surface area contributed by atoms with Crippen molar-refractivity contribution in [3.05, 3.63) is 114 Å². The van der Waals surface area contributed by atoms with Crippen LogP contribution in [-0.4, -0.2) is 81.2 Å². The largest absolute Gasteiger partial charge is 0.481 e. The fourth-order valence-electron chi connectivity index (χ4n) is 5.76. The molecule has 4 aromatic carbocycles. The van der Waals surface area contributed by atoms with Crippen molar-refractivity contribution in [3.8, 4) is 0 Å². The molecule has 9 N–H and O–H groups in total. The van der Waals surface area contributed by atoms with Crippen molar-refractivity contribution in [2.45, 2.75) is 69.8 Å². The highest BCUT2D eigenvalue weighted by atomic mass is 16.4. The number of aliphatic hydroxyl groups is 1. The lowest BCUT2D eigenvalue weighted by atomic mass is 9.96. The summed E-state index contributed by atoms with van der Waals surface area (Å²) in [6.07, 6.45) is -2.48. The Morgan fingerprint density at radius 1 is 0.778 bits per heavy atom. The monoisotopic (exact) mass is 737 g/mol. The number of benzene rings is 3. The molecule has 0 aliphatic heterocycles. The number of carbonyl (C=O) groups is 6. The predicted octanol–water partition coefficient (Wildman–Crippen LogP) is 2.23. The van der Waals surface area contributed by atoms with Crippen molar-refractivity contribution in [3.63, 3.8) is 0 Å². The minimum atomic E-state index is -1.86. The van der Waals surface area contributed by atoms with Crippen LogP contribution in [0.5, 0.6) is 0 Å². The Balaban J connectivity index is 1.64. The quantitative estimate of drug-likeness (QED) is 0.0741. The molecule has 4 amide bonds. The number of aliphatic hydroxyl groups excluding tert-OH is 1. The molecule has 5 atom stereocenters. The summed E-state index contributed by atoms with van der Waals surface area (Å²) in [5.41, 5.74) is 7.12. The summed E-state index contributed by atoms with van der Waals surface area (Å²) in [5.74, 6) is -5.97. The molecule has 282 valence electrons. The minimum Gasteiger partial charge on any atom is -0.481 e. The number of aromatic carboxylic acids is 1. The Kier molecular flexibility index (Phi) is 14.2. The Morgan fingerprint density at radius 3 is 2.19 bits per heavy atom. The first-order valence-electron chi connectivity index (χ1n) is 17.3. The summed E-state index contributed by atoms with van der Waals surface area (Å²) in [7, 11) is 0. The van der Waals surface area contributed by atoms with Gasteiger partial charge in [0.1, 0.15) is 12.1 Å². The number of rotatable bonds is 18. The molecule has 0 aliphatic rings. The molecule has 0 aliphatic carbocycles. The summed E-state index contributed by atoms with van der Waals surface area (Å²) in [6, 6.07) is 24.1. The first-order chi connectivity index (χ1) is 25.7. The van der Waals surface area contributed by atoms with E-state index in [0.717, 1.165) is 10.8 Å². The number of nitrogens with one attached hydrogen (secondary N) is 4. The average Bonchev–Trinajstić information content (AvgIpc) is 3.15. The number of aliphatic carboxylic acids is 1. The van der Waals surface area contributed by atoms with E-state index in [1.165, 1.54) is 24.3 Å². The van der Waals surface area contributed by atoms with Gasteiger partial charge in [-0.05, 0) is 59.0 Å². The van der Waals surface area contributed by atoms with Crippen LogP contribution in [0.3, 0.4) is 0 Å². The number of hydrogen-bond acceptors (Lipinski definition) is 8. The fraction of sp³-hybridized carbons (Fsp3) is 0.300. The van der Waals surface area contributed by atoms with Crippen molar-refractivity contribution in [2.24, 2.45) is 11.7 Å². The molecule has 54 heavy (non-hydrogen) atoms. The first-order valence-corrected chi connectivity index (χ1v) is 17.3. The van der Waals surface area contributed by atoms with Crippen molar-refractivity contribution in [1.29, 1.82) is 0 Å². The van der Waals surface area contributed by atoms with Gasteiger partial charge in [0.2, 0.25) is 17.7 Å². The van der Waals surface area contributed by atoms with Crippen LogP contribution in [0.25, 0.3) is 10.8 Å². The van der Waals surface area contributed by atoms with Gasteiger partial charge >= 0.3 is 11.9 Å². The molecular formula is C40H43N5O9. The number of amides is 4. The van der Waals surface area contributed by atoms with Gasteiger partial charge in [0.05, 0.1) is 17.6 Å². The van der Waals surface area contributed by atoms with Crippen molar-refractivity contribution in [1.82, 2.24) is 16.0 Å². The van der Waals surface area contributed by atoms with E-state index in [1.807, 2.05) is 36.4 Å². The smallest absolute Gasteiger partial charge is 0.335 e. The van der Waals surface area contributed by atoms with Crippen molar-refractivity contribution >= 4 is 52.0 Å². The normalized spacial score (nSPS) is 13.7. The Bertz CT molecular complexity index is 1960. The highest BCUT2D eigenvalue weighted by Crippen LogP contribution is 2.21. The van der Waals surface area contributed by atoms with E-state index < -0.39 is 71.8 Å². The lowest BCUT2D eigenvalue weighted by Crippen LogP contribution is -2.60. The first kappa shape index (κ1) is 40.5. The zero-order valence-corrected chi connectivity index (χ0v) is 29.7. The highest BCUT2D eigenvalue weighted by molar-refractivity contribution is 5.98. The number of hydrogen-bond donors (Lipinski definition) is 8. The van der Waals surface area contributed by atoms with Crippen LogP contribution < -0.4 is 27.0 Å². The van der Waals surface area contributed by atoms with Gasteiger partial charge in [0.25, 0.3) is 5.91 Å². The number of fused-ring (bicyclic) bond motifs is 1. The lowest BCUT2D eigenvalue weighted by Gasteiger charge is -2.29. The van der Waals surface area contributed by atoms with E-state index in [9.17, 15) is 39.0 Å². The van der Waals surface area contributed by atoms with Crippen molar-refractivity contribution in [2.75, 3.05) is 5.32 Å². The predicted molar refractivity (Wildman–Crippen MR) is 199 cm³/mol. The van der Waals surface area contributed by atoms with E-state index in [-0.39, 0.29) is 36.9 Å². The molecule has 4 rings (SSSR count). The molecular weight excluding hydrogens is 694 g/mol. The standard InChI is InChI=1S/C40H43N5O9/c1-23(2)34(45-36(49)30(41)18-19-33(46)47)38(51)44-32(22-26-14-8-13-25-12-6-7-17-29(25)26)37(50)43-31(20-24-10-4-3-5-11-24)35(48)39(52)42-28-16-9-15-27(21-28)40(53)54/h3-4,6-10,12-17,21,23,30-32,34-35,48H,18-20,22,41H2,1-2H3,(H,42,52)(H,43,50)(H,44,51)(H,45,49)(H,46,47)(H,53,54)/t30-,31-,32-,34-,35+/m0/s1. The van der Waals surface area contributed by atoms with Gasteiger partial charge in [0, 0.05) is 30.5 Å². The number of anilines is 1. The molecule has 0 saturated carbocycles. The van der Waals surface area contributed by atoms with Crippen LogP contribution in [-0.2, 0) is 36.8 Å². The Labute approximate surface area is 312 Å². The van der Waals surface area contributed by atoms with E-state index in [2.05, 4.69) is 33.4 Å². The maximum absolute atomic E-state index is 14.3. The molecule has 0 radical (unpaired) electrons. The summed E-state index contributed by atoms with van der Waals surface area (Å²) >= 11 is 0. The van der Waals surface area contributed by atoms with Crippen LogP contribution in [0.4, 0.5) is 5.69 Å². The van der Waals surface area contributed by atoms with Crippen LogP contribution in [0.2, 0.25) is 0 Å². The third kappa shape index (κ3) is 11.3. The molecule has 14 nitrogen and oxygen atoms in total. The molecule has 14 heteroatoms. The number of carbonyl (C=O) groups excluding carboxylic acids is 4. The van der Waals surface area contributed by atoms with Crippen LogP contribution in [0.15, 0.2) is 84.9 Å². The molecule has 0 bridgehead atoms. The second-order valence-corrected chi connectivity index (χ2v) is 13.1. The molecule has 4 aromatic rings. The van der Waals surface area contributed by atoms with Crippen LogP contribution >= 0.6 is 0 Å². The van der Waals surface area contributed by atoms with Gasteiger partial charge in [-0.15, -0.1) is 0 Å². The fourth-order valence-corrected chi connectivity index (χ4v) is 5.76. The van der Waals surface area contributed by atoms with Gasteiger partial charge in [-0.3, -0.25) is 24.0 Å². The lowest BCUT2D eigenvalue weighted by molar-refractivity contribution is -0.137. The number of nitrogens with two attached hydrogens (primary N) is 1. The van der Waals surface area contributed by atoms with Gasteiger partial charge in [-0.25, -0.2) is 4.79 Å². The van der Waals surface area contributed by atoms with Gasteiger partial charge in [-0.1, -0.05) is 80.6 Å². The average molecular weight is 738 g/mol. The van der Waals surface area contributed by atoms with Gasteiger partial charge in [0.15, 0.2) is 6.10 Å². The maximum Gasteiger partial charge on any atom is 0.335 e. The van der Waals surface area contributed by atoms with E-state index >= 15 is 0 Å². The van der Waals surface area contributed by atoms with Crippen molar-refractivity contribution < 1.29 is 44.1 Å². The van der Waals surface area contributed by atoms with Gasteiger partial charge in [-0.2, -0.15) is 0 Å². The number of carboxylic acids is 2. The molecule has 0 saturated heterocycles. The van der Waals surface area contributed by atoms with Crippen LogP contribution in [0.1, 0.15) is 48.2 Å². The Morgan fingerprint density at radius 2 is 1.50 bits per heavy atom. The van der Waals surface area contributed by atoms with E-state index in [4.69, 9.17) is 10.8 Å². The molecule has 0 unspecified atom stereocenters. The minimum absolute atomic E-state index is 0.0297. The number of carboxylic acid groups (broad SMARTS) is 2. The van der Waals surface area contributed by atoms with E-state index in [1.54, 1.807) is 38.1 Å². The SMILES string of the molecule is CC(C)[C@H](NC(=O)[C@@H](N)CCC(=O)O)C(=O)N[C@@H](Cc1cccc2ccccc12)C(=O)N[C@@H](Cc1c#cccc1)[C@@H](O)C(=O)Nc1cccc(C(=O)O)c1. The third-order valence-corrected chi connectivity index (χ3v) is 8.69. The van der Waals surface area contributed by atoms with Gasteiger partial charge < -0.3 is 42.3 Å². The molecule has 0 spiro atoms. The summed E-state index contributed by atoms with van der Waals surface area (Å²) < 4.78 is 0. The topological polar surface area (TPSA) is 237 Å². The zero-order valence-electron chi connectivity index (χ0n) is 29.7. The van der Waals surface area contributed by atoms with E-state index in [0.29, 0.717) is 11.1 Å². The third-order valence-electron chi connectivity index (χ3n) is 8.69. The summed E-state index contributed by atoms with van der Waals surface area (Å²) in [4.78, 5) is 76.9.